The number of amides is 1. The van der Waals surface area contributed by atoms with Crippen LogP contribution in [-0.2, 0) is 13.0 Å². The second kappa shape index (κ2) is 8.92. The van der Waals surface area contributed by atoms with Crippen molar-refractivity contribution in [3.05, 3.63) is 52.1 Å². The SMILES string of the molecule is C/C(F)=C(F)\C=C(/C)CC(CN)NC(=O)c1cc2c(o1)CCCn1ncc(Cl)c1-2. The minimum absolute atomic E-state index is 0.135. The number of carbonyl (C=O) groups excluding carboxylic acids is 1. The summed E-state index contributed by atoms with van der Waals surface area (Å²) in [5.41, 5.74) is 7.79. The summed E-state index contributed by atoms with van der Waals surface area (Å²) in [7, 11) is 0. The highest BCUT2D eigenvalue weighted by Gasteiger charge is 2.25. The molecule has 1 aliphatic heterocycles. The molecule has 0 fully saturated rings. The Kier molecular flexibility index (Phi) is 6.54. The van der Waals surface area contributed by atoms with Crippen molar-refractivity contribution in [2.24, 2.45) is 5.73 Å². The van der Waals surface area contributed by atoms with Crippen LogP contribution in [0.15, 0.2) is 40.0 Å². The fourth-order valence-corrected chi connectivity index (χ4v) is 3.57. The minimum Gasteiger partial charge on any atom is -0.455 e. The van der Waals surface area contributed by atoms with Crippen LogP contribution in [0.5, 0.6) is 0 Å². The van der Waals surface area contributed by atoms with Gasteiger partial charge in [0.25, 0.3) is 5.91 Å². The highest BCUT2D eigenvalue weighted by atomic mass is 35.5. The molecule has 0 aliphatic carbocycles. The first-order valence-corrected chi connectivity index (χ1v) is 9.72. The average Bonchev–Trinajstić information content (AvgIpc) is 3.20. The number of nitrogens with one attached hydrogen (secondary N) is 1. The third kappa shape index (κ3) is 4.76. The Morgan fingerprint density at radius 1 is 1.48 bits per heavy atom. The van der Waals surface area contributed by atoms with Gasteiger partial charge in [-0.25, -0.2) is 8.78 Å². The van der Waals surface area contributed by atoms with Gasteiger partial charge in [-0.3, -0.25) is 9.48 Å². The molecule has 29 heavy (non-hydrogen) atoms. The molecular weight excluding hydrogens is 402 g/mol. The minimum atomic E-state index is -0.937. The molecular formula is C20H23ClF2N4O2. The normalized spacial score (nSPS) is 15.9. The molecule has 0 saturated heterocycles. The summed E-state index contributed by atoms with van der Waals surface area (Å²) in [6.07, 6.45) is 4.43. The third-order valence-corrected chi connectivity index (χ3v) is 5.02. The average molecular weight is 425 g/mol. The van der Waals surface area contributed by atoms with Gasteiger partial charge in [-0.2, -0.15) is 5.10 Å². The number of halogens is 3. The quantitative estimate of drug-likeness (QED) is 0.676. The number of fused-ring (bicyclic) bond motifs is 3. The summed E-state index contributed by atoms with van der Waals surface area (Å²) in [6.45, 7) is 3.55. The topological polar surface area (TPSA) is 86.1 Å². The first-order valence-electron chi connectivity index (χ1n) is 9.34. The lowest BCUT2D eigenvalue weighted by molar-refractivity contribution is 0.0908. The maximum Gasteiger partial charge on any atom is 0.287 e. The first-order chi connectivity index (χ1) is 13.8. The number of allylic oxidation sites excluding steroid dienone is 3. The Hall–Kier alpha value is -2.45. The molecule has 6 nitrogen and oxygen atoms in total. The van der Waals surface area contributed by atoms with E-state index >= 15 is 0 Å². The molecule has 0 bridgehead atoms. The third-order valence-electron chi connectivity index (χ3n) is 4.75. The monoisotopic (exact) mass is 424 g/mol. The van der Waals surface area contributed by atoms with Crippen molar-refractivity contribution in [2.45, 2.75) is 45.7 Å². The van der Waals surface area contributed by atoms with Gasteiger partial charge in [-0.05, 0) is 38.8 Å². The van der Waals surface area contributed by atoms with Crippen LogP contribution >= 0.6 is 11.6 Å². The summed E-state index contributed by atoms with van der Waals surface area (Å²) in [5, 5.41) is 7.55. The Balaban J connectivity index is 1.77. The number of hydrogen-bond donors (Lipinski definition) is 2. The van der Waals surface area contributed by atoms with Crippen molar-refractivity contribution >= 4 is 17.5 Å². The van der Waals surface area contributed by atoms with Crippen molar-refractivity contribution in [1.82, 2.24) is 15.1 Å². The van der Waals surface area contributed by atoms with Gasteiger partial charge in [-0.1, -0.05) is 17.2 Å². The Morgan fingerprint density at radius 2 is 2.24 bits per heavy atom. The van der Waals surface area contributed by atoms with Gasteiger partial charge in [0.2, 0.25) is 0 Å². The lowest BCUT2D eigenvalue weighted by atomic mass is 10.1. The number of aryl methyl sites for hydroxylation is 2. The number of hydrogen-bond acceptors (Lipinski definition) is 4. The molecule has 2 aromatic heterocycles. The summed E-state index contributed by atoms with van der Waals surface area (Å²) in [4.78, 5) is 12.7. The first kappa shape index (κ1) is 21.3. The van der Waals surface area contributed by atoms with Crippen LogP contribution in [0.1, 0.15) is 43.0 Å². The molecule has 0 radical (unpaired) electrons. The van der Waals surface area contributed by atoms with Crippen molar-refractivity contribution in [3.63, 3.8) is 0 Å². The number of carbonyl (C=O) groups is 1. The highest BCUT2D eigenvalue weighted by Crippen LogP contribution is 2.35. The van der Waals surface area contributed by atoms with Gasteiger partial charge < -0.3 is 15.5 Å². The van der Waals surface area contributed by atoms with E-state index in [9.17, 15) is 13.6 Å². The second-order valence-electron chi connectivity index (χ2n) is 7.10. The van der Waals surface area contributed by atoms with Crippen molar-refractivity contribution < 1.29 is 18.0 Å². The summed E-state index contributed by atoms with van der Waals surface area (Å²) in [6, 6.07) is 1.20. The summed E-state index contributed by atoms with van der Waals surface area (Å²) >= 11 is 6.27. The molecule has 156 valence electrons. The number of nitrogens with zero attached hydrogens (tertiary/aromatic N) is 2. The molecule has 1 unspecified atom stereocenters. The van der Waals surface area contributed by atoms with Crippen LogP contribution in [0.2, 0.25) is 5.02 Å². The van der Waals surface area contributed by atoms with Gasteiger partial charge in [0.15, 0.2) is 11.6 Å². The molecule has 1 aliphatic rings. The van der Waals surface area contributed by atoms with Crippen LogP contribution in [0.25, 0.3) is 11.3 Å². The van der Waals surface area contributed by atoms with E-state index in [1.54, 1.807) is 23.9 Å². The molecule has 2 aromatic rings. The molecule has 9 heteroatoms. The van der Waals surface area contributed by atoms with Gasteiger partial charge in [0.1, 0.15) is 11.6 Å². The van der Waals surface area contributed by atoms with Crippen molar-refractivity contribution in [1.29, 1.82) is 0 Å². The fraction of sp³-hybridized carbons (Fsp3) is 0.400. The van der Waals surface area contributed by atoms with Gasteiger partial charge in [0.05, 0.1) is 16.9 Å². The second-order valence-corrected chi connectivity index (χ2v) is 7.50. The molecule has 0 spiro atoms. The van der Waals surface area contributed by atoms with E-state index in [-0.39, 0.29) is 18.7 Å². The number of furan rings is 1. The number of rotatable bonds is 6. The fourth-order valence-electron chi connectivity index (χ4n) is 3.33. The predicted molar refractivity (Wildman–Crippen MR) is 107 cm³/mol. The van der Waals surface area contributed by atoms with Gasteiger partial charge in [0, 0.05) is 31.1 Å². The zero-order chi connectivity index (χ0) is 21.1. The van der Waals surface area contributed by atoms with Crippen molar-refractivity contribution in [2.75, 3.05) is 6.54 Å². The largest absolute Gasteiger partial charge is 0.455 e. The van der Waals surface area contributed by atoms with Gasteiger partial charge >= 0.3 is 0 Å². The predicted octanol–water partition coefficient (Wildman–Crippen LogP) is 4.31. The molecule has 1 atom stereocenters. The zero-order valence-corrected chi connectivity index (χ0v) is 17.0. The van der Waals surface area contributed by atoms with E-state index < -0.39 is 23.6 Å². The molecule has 0 aromatic carbocycles. The summed E-state index contributed by atoms with van der Waals surface area (Å²) in [5.74, 6) is -1.43. The van der Waals surface area contributed by atoms with E-state index in [1.165, 1.54) is 0 Å². The molecule has 1 amide bonds. The maximum atomic E-state index is 13.4. The highest BCUT2D eigenvalue weighted by molar-refractivity contribution is 6.33. The van der Waals surface area contributed by atoms with Crippen LogP contribution in [0.3, 0.4) is 0 Å². The van der Waals surface area contributed by atoms with E-state index in [4.69, 9.17) is 21.8 Å². The molecule has 0 saturated carbocycles. The van der Waals surface area contributed by atoms with Gasteiger partial charge in [-0.15, -0.1) is 0 Å². The molecule has 3 N–H and O–H groups in total. The number of aromatic nitrogens is 2. The van der Waals surface area contributed by atoms with Crippen LogP contribution in [-0.4, -0.2) is 28.3 Å². The molecule has 3 heterocycles. The lowest BCUT2D eigenvalue weighted by Crippen LogP contribution is -2.40. The Morgan fingerprint density at radius 3 is 2.93 bits per heavy atom. The lowest BCUT2D eigenvalue weighted by Gasteiger charge is -2.16. The maximum absolute atomic E-state index is 13.4. The van der Waals surface area contributed by atoms with E-state index in [0.29, 0.717) is 22.8 Å². The Labute approximate surface area is 172 Å². The van der Waals surface area contributed by atoms with E-state index in [2.05, 4.69) is 10.4 Å². The standard InChI is InChI=1S/C20H23ClF2N4O2/c1-11(7-16(23)12(2)22)6-13(9-24)26-20(28)18-8-14-17(29-18)4-3-5-27-19(14)15(21)10-25-27/h7-8,10,13H,3-6,9,24H2,1-2H3,(H,26,28)/b11-7+,16-12-. The molecule has 3 rings (SSSR count). The van der Waals surface area contributed by atoms with E-state index in [1.807, 2.05) is 0 Å². The summed E-state index contributed by atoms with van der Waals surface area (Å²) < 4.78 is 33.9. The van der Waals surface area contributed by atoms with Crippen molar-refractivity contribution in [3.8, 4) is 11.3 Å². The van der Waals surface area contributed by atoms with Crippen LogP contribution in [0, 0.1) is 0 Å². The Bertz CT molecular complexity index is 973. The zero-order valence-electron chi connectivity index (χ0n) is 16.3. The van der Waals surface area contributed by atoms with Crippen LogP contribution in [0.4, 0.5) is 8.78 Å². The van der Waals surface area contributed by atoms with Crippen LogP contribution < -0.4 is 11.1 Å². The smallest absolute Gasteiger partial charge is 0.287 e. The number of nitrogens with two attached hydrogens (primary N) is 1. The van der Waals surface area contributed by atoms with E-state index in [0.717, 1.165) is 37.2 Å².